The highest BCUT2D eigenvalue weighted by atomic mass is 35.5. The first-order valence-electron chi connectivity index (χ1n) is 9.93. The Balaban J connectivity index is 1.50. The third kappa shape index (κ3) is 4.47. The van der Waals surface area contributed by atoms with E-state index in [2.05, 4.69) is 5.32 Å². The number of halogens is 4. The van der Waals surface area contributed by atoms with Crippen LogP contribution < -0.4 is 11.1 Å². The minimum Gasteiger partial charge on any atom is -0.452 e. The minimum absolute atomic E-state index is 0.0275. The van der Waals surface area contributed by atoms with Gasteiger partial charge in [-0.05, 0) is 30.3 Å². The van der Waals surface area contributed by atoms with E-state index in [9.17, 15) is 32.3 Å². The Kier molecular flexibility index (Phi) is 6.08. The highest BCUT2D eigenvalue weighted by molar-refractivity contribution is 6.33. The number of carbonyl (C=O) groups is 4. The zero-order valence-electron chi connectivity index (χ0n) is 17.5. The van der Waals surface area contributed by atoms with Gasteiger partial charge in [-0.3, -0.25) is 14.4 Å². The second kappa shape index (κ2) is 8.88. The number of carbonyl (C=O) groups excluding carboxylic acids is 4. The average Bonchev–Trinajstić information content (AvgIpc) is 2.81. The van der Waals surface area contributed by atoms with Crippen molar-refractivity contribution < 1.29 is 37.1 Å². The zero-order valence-corrected chi connectivity index (χ0v) is 18.3. The first kappa shape index (κ1) is 24.0. The van der Waals surface area contributed by atoms with Crippen LogP contribution >= 0.6 is 11.6 Å². The van der Waals surface area contributed by atoms with Gasteiger partial charge in [0.15, 0.2) is 18.2 Å². The maximum absolute atomic E-state index is 12.9. The molecule has 0 heterocycles. The van der Waals surface area contributed by atoms with Crippen molar-refractivity contribution in [3.8, 4) is 0 Å². The monoisotopic (exact) mass is 502 g/mol. The lowest BCUT2D eigenvalue weighted by Crippen LogP contribution is -2.25. The van der Waals surface area contributed by atoms with Gasteiger partial charge in [0.05, 0.1) is 33.1 Å². The molecule has 0 saturated carbocycles. The van der Waals surface area contributed by atoms with Crippen molar-refractivity contribution in [1.82, 2.24) is 0 Å². The highest BCUT2D eigenvalue weighted by Crippen LogP contribution is 2.34. The predicted molar refractivity (Wildman–Crippen MR) is 120 cm³/mol. The van der Waals surface area contributed by atoms with Crippen LogP contribution in [-0.2, 0) is 15.7 Å². The molecule has 3 aromatic rings. The molecule has 178 valence electrons. The number of alkyl halides is 3. The fourth-order valence-electron chi connectivity index (χ4n) is 3.58. The fraction of sp³-hybridized carbons (Fsp3) is 0.0833. The molecule has 0 aliphatic heterocycles. The second-order valence-electron chi connectivity index (χ2n) is 7.47. The number of nitrogens with two attached hydrogens (primary N) is 1. The van der Waals surface area contributed by atoms with Crippen LogP contribution in [0.1, 0.15) is 47.8 Å². The smallest absolute Gasteiger partial charge is 0.416 e. The third-order valence-corrected chi connectivity index (χ3v) is 5.59. The minimum atomic E-state index is -4.65. The number of fused-ring (bicyclic) bond motifs is 2. The lowest BCUT2D eigenvalue weighted by Gasteiger charge is -2.20. The number of ether oxygens (including phenoxy) is 1. The van der Waals surface area contributed by atoms with E-state index in [-0.39, 0.29) is 44.2 Å². The first-order valence-corrected chi connectivity index (χ1v) is 10.3. The van der Waals surface area contributed by atoms with E-state index >= 15 is 0 Å². The lowest BCUT2D eigenvalue weighted by atomic mass is 9.82. The van der Waals surface area contributed by atoms with Crippen molar-refractivity contribution in [2.75, 3.05) is 17.7 Å². The van der Waals surface area contributed by atoms with Crippen molar-refractivity contribution in [3.63, 3.8) is 0 Å². The van der Waals surface area contributed by atoms with Crippen molar-refractivity contribution in [3.05, 3.63) is 93.0 Å². The molecule has 3 aromatic carbocycles. The van der Waals surface area contributed by atoms with Gasteiger partial charge in [0, 0.05) is 16.7 Å². The molecule has 1 aliphatic carbocycles. The summed E-state index contributed by atoms with van der Waals surface area (Å²) < 4.78 is 43.6. The summed E-state index contributed by atoms with van der Waals surface area (Å²) in [4.78, 5) is 50.3. The molecule has 0 fully saturated rings. The number of rotatable bonds is 4. The molecule has 0 aromatic heterocycles. The number of ketones is 2. The Labute approximate surface area is 200 Å². The third-order valence-electron chi connectivity index (χ3n) is 5.26. The summed E-state index contributed by atoms with van der Waals surface area (Å²) in [5.41, 5.74) is 4.36. The van der Waals surface area contributed by atoms with Crippen LogP contribution in [0.15, 0.2) is 54.6 Å². The Bertz CT molecular complexity index is 1420. The summed E-state index contributed by atoms with van der Waals surface area (Å²) in [5, 5.41) is 1.99. The molecule has 0 saturated heterocycles. The molecule has 1 aliphatic rings. The molecule has 0 radical (unpaired) electrons. The van der Waals surface area contributed by atoms with E-state index in [1.807, 2.05) is 0 Å². The molecule has 0 bridgehead atoms. The summed E-state index contributed by atoms with van der Waals surface area (Å²) >= 11 is 5.83. The number of esters is 1. The summed E-state index contributed by atoms with van der Waals surface area (Å²) in [5.74, 6) is -3.01. The van der Waals surface area contributed by atoms with Gasteiger partial charge in [0.25, 0.3) is 5.91 Å². The van der Waals surface area contributed by atoms with Crippen molar-refractivity contribution in [2.45, 2.75) is 6.18 Å². The molecule has 35 heavy (non-hydrogen) atoms. The summed E-state index contributed by atoms with van der Waals surface area (Å²) in [6.45, 7) is -0.877. The summed E-state index contributed by atoms with van der Waals surface area (Å²) in [6.07, 6.45) is -4.65. The standard InChI is InChI=1S/C24H14ClF3N2O5/c25-16-8-5-11(24(26,27)28)9-17(16)30-18(31)10-35-23(34)15-7-6-14-19(20(15)29)22(33)13-4-2-1-3-12(13)21(14)32/h1-9H,10,29H2,(H,30,31). The van der Waals surface area contributed by atoms with Gasteiger partial charge in [0.2, 0.25) is 0 Å². The van der Waals surface area contributed by atoms with Crippen molar-refractivity contribution in [2.24, 2.45) is 0 Å². The molecule has 0 unspecified atom stereocenters. The second-order valence-corrected chi connectivity index (χ2v) is 7.88. The molecule has 11 heteroatoms. The molecule has 3 N–H and O–H groups in total. The number of benzene rings is 3. The van der Waals surface area contributed by atoms with Gasteiger partial charge in [-0.2, -0.15) is 13.2 Å². The number of nitrogens with one attached hydrogen (secondary N) is 1. The summed E-state index contributed by atoms with van der Waals surface area (Å²) in [7, 11) is 0. The largest absolute Gasteiger partial charge is 0.452 e. The van der Waals surface area contributed by atoms with E-state index in [0.717, 1.165) is 12.1 Å². The van der Waals surface area contributed by atoms with Gasteiger partial charge in [-0.25, -0.2) is 4.79 Å². The SMILES string of the molecule is Nc1c(C(=O)OCC(=O)Nc2cc(C(F)(F)F)ccc2Cl)ccc2c1C(=O)c1ccccc1C2=O. The predicted octanol–water partition coefficient (Wildman–Crippen LogP) is 4.51. The number of hydrogen-bond donors (Lipinski definition) is 2. The topological polar surface area (TPSA) is 116 Å². The van der Waals surface area contributed by atoms with Crippen LogP contribution in [0.2, 0.25) is 5.02 Å². The molecular formula is C24H14ClF3N2O5. The van der Waals surface area contributed by atoms with Gasteiger partial charge in [-0.1, -0.05) is 35.9 Å². The van der Waals surface area contributed by atoms with E-state index in [1.165, 1.54) is 24.3 Å². The molecule has 1 amide bonds. The molecule has 0 spiro atoms. The first-order chi connectivity index (χ1) is 16.5. The van der Waals surface area contributed by atoms with Gasteiger partial charge in [-0.15, -0.1) is 0 Å². The van der Waals surface area contributed by atoms with Crippen LogP contribution in [0.3, 0.4) is 0 Å². The maximum Gasteiger partial charge on any atom is 0.416 e. The Hall–Kier alpha value is -4.18. The molecular weight excluding hydrogens is 489 g/mol. The molecule has 7 nitrogen and oxygen atoms in total. The van der Waals surface area contributed by atoms with E-state index in [1.54, 1.807) is 12.1 Å². The van der Waals surface area contributed by atoms with Gasteiger partial charge >= 0.3 is 12.1 Å². The average molecular weight is 503 g/mol. The van der Waals surface area contributed by atoms with E-state index in [4.69, 9.17) is 22.1 Å². The number of amides is 1. The Morgan fingerprint density at radius 1 is 0.943 bits per heavy atom. The zero-order chi connectivity index (χ0) is 25.5. The maximum atomic E-state index is 12.9. The van der Waals surface area contributed by atoms with Gasteiger partial charge in [0.1, 0.15) is 0 Å². The Morgan fingerprint density at radius 3 is 2.26 bits per heavy atom. The quantitative estimate of drug-likeness (QED) is 0.313. The van der Waals surface area contributed by atoms with Gasteiger partial charge < -0.3 is 15.8 Å². The molecule has 4 rings (SSSR count). The summed E-state index contributed by atoms with van der Waals surface area (Å²) in [6, 6.07) is 11.0. The number of nitrogen functional groups attached to an aromatic ring is 1. The van der Waals surface area contributed by atoms with Crippen LogP contribution in [0, 0.1) is 0 Å². The van der Waals surface area contributed by atoms with Crippen LogP contribution in [0.5, 0.6) is 0 Å². The van der Waals surface area contributed by atoms with Crippen molar-refractivity contribution in [1.29, 1.82) is 0 Å². The van der Waals surface area contributed by atoms with Crippen LogP contribution in [0.25, 0.3) is 0 Å². The Morgan fingerprint density at radius 2 is 1.60 bits per heavy atom. The number of hydrogen-bond acceptors (Lipinski definition) is 6. The van der Waals surface area contributed by atoms with Crippen LogP contribution in [-0.4, -0.2) is 30.0 Å². The van der Waals surface area contributed by atoms with E-state index in [0.29, 0.717) is 6.07 Å². The normalized spacial score (nSPS) is 12.6. The molecule has 0 atom stereocenters. The van der Waals surface area contributed by atoms with E-state index < -0.39 is 41.8 Å². The number of anilines is 2. The lowest BCUT2D eigenvalue weighted by molar-refractivity contribution is -0.137. The van der Waals surface area contributed by atoms with Crippen LogP contribution in [0.4, 0.5) is 24.5 Å². The fourth-order valence-corrected chi connectivity index (χ4v) is 3.75. The van der Waals surface area contributed by atoms with Crippen molar-refractivity contribution >= 4 is 46.4 Å². The highest BCUT2D eigenvalue weighted by Gasteiger charge is 2.33.